The van der Waals surface area contributed by atoms with Crippen LogP contribution in [0, 0.1) is 12.8 Å². The monoisotopic (exact) mass is 533 g/mol. The van der Waals surface area contributed by atoms with Gasteiger partial charge < -0.3 is 34.9 Å². The minimum absolute atomic E-state index is 0.394. The zero-order chi connectivity index (χ0) is 27.8. The molecular formula is C31H35NO7. The molecule has 1 saturated carbocycles. The average Bonchev–Trinajstić information content (AvgIpc) is 3.33. The average molecular weight is 534 g/mol. The fraction of sp³-hybridized carbons (Fsp3) is 0.387. The lowest BCUT2D eigenvalue weighted by Gasteiger charge is -2.41. The molecule has 5 rings (SSSR count). The highest BCUT2D eigenvalue weighted by Gasteiger charge is 2.77. The van der Waals surface area contributed by atoms with Crippen LogP contribution >= 0.6 is 0 Å². The number of unbranched alkanes of at least 4 members (excludes halogenated alkanes) is 1. The summed E-state index contributed by atoms with van der Waals surface area (Å²) in [4.78, 5) is 13.3. The van der Waals surface area contributed by atoms with Crippen molar-refractivity contribution < 1.29 is 34.0 Å². The van der Waals surface area contributed by atoms with Crippen molar-refractivity contribution in [2.75, 3.05) is 27.4 Å². The summed E-state index contributed by atoms with van der Waals surface area (Å²) in [6, 6.07) is 20.0. The Kier molecular flexibility index (Phi) is 7.29. The van der Waals surface area contributed by atoms with Gasteiger partial charge >= 0.3 is 5.97 Å². The van der Waals surface area contributed by atoms with Gasteiger partial charge in [0.05, 0.1) is 26.7 Å². The predicted molar refractivity (Wildman–Crippen MR) is 145 cm³/mol. The number of aliphatic hydroxyl groups is 2. The van der Waals surface area contributed by atoms with Crippen LogP contribution < -0.4 is 19.9 Å². The van der Waals surface area contributed by atoms with Crippen LogP contribution in [0.2, 0.25) is 0 Å². The second-order valence-electron chi connectivity index (χ2n) is 10.2. The number of carbonyl (C=O) groups excluding carboxylic acids is 1. The summed E-state index contributed by atoms with van der Waals surface area (Å²) in [6.45, 7) is 2.92. The van der Waals surface area contributed by atoms with E-state index in [0.29, 0.717) is 47.1 Å². The van der Waals surface area contributed by atoms with Crippen molar-refractivity contribution in [1.82, 2.24) is 0 Å². The van der Waals surface area contributed by atoms with Crippen LogP contribution in [0.25, 0.3) is 0 Å². The van der Waals surface area contributed by atoms with Gasteiger partial charge in [0.15, 0.2) is 11.2 Å². The Morgan fingerprint density at radius 1 is 1.03 bits per heavy atom. The molecule has 3 aromatic rings. The van der Waals surface area contributed by atoms with Crippen molar-refractivity contribution in [3.8, 4) is 17.2 Å². The van der Waals surface area contributed by atoms with Crippen molar-refractivity contribution in [2.24, 2.45) is 11.7 Å². The van der Waals surface area contributed by atoms with Crippen molar-refractivity contribution in [1.29, 1.82) is 0 Å². The molecule has 0 radical (unpaired) electrons. The van der Waals surface area contributed by atoms with E-state index in [1.54, 1.807) is 37.4 Å². The van der Waals surface area contributed by atoms with Gasteiger partial charge in [-0.05, 0) is 61.2 Å². The van der Waals surface area contributed by atoms with E-state index in [1.807, 2.05) is 43.3 Å². The maximum atomic E-state index is 13.3. The normalized spacial score (nSPS) is 26.9. The Bertz CT molecular complexity index is 1330. The van der Waals surface area contributed by atoms with Crippen LogP contribution in [0.1, 0.15) is 41.0 Å². The summed E-state index contributed by atoms with van der Waals surface area (Å²) < 4.78 is 23.4. The molecule has 4 N–H and O–H groups in total. The third-order valence-corrected chi connectivity index (χ3v) is 8.07. The third kappa shape index (κ3) is 4.06. The number of aliphatic hydroxyl groups excluding tert-OH is 1. The number of aryl methyl sites for hydroxylation is 1. The Morgan fingerprint density at radius 2 is 1.74 bits per heavy atom. The van der Waals surface area contributed by atoms with Crippen LogP contribution in [0.3, 0.4) is 0 Å². The highest BCUT2D eigenvalue weighted by molar-refractivity contribution is 5.78. The number of methoxy groups -OCH3 is 2. The summed E-state index contributed by atoms with van der Waals surface area (Å²) in [5.74, 6) is -0.922. The number of esters is 1. The van der Waals surface area contributed by atoms with Gasteiger partial charge in [-0.1, -0.05) is 42.5 Å². The van der Waals surface area contributed by atoms with Gasteiger partial charge in [-0.2, -0.15) is 0 Å². The van der Waals surface area contributed by atoms with Crippen LogP contribution in [0.4, 0.5) is 0 Å². The molecule has 5 atom stereocenters. The third-order valence-electron chi connectivity index (χ3n) is 8.07. The Hall–Kier alpha value is -3.59. The molecule has 1 aliphatic heterocycles. The second kappa shape index (κ2) is 10.5. The second-order valence-corrected chi connectivity index (χ2v) is 10.2. The van der Waals surface area contributed by atoms with Crippen LogP contribution in [-0.2, 0) is 20.7 Å². The number of fused-ring (bicyclic) bond motifs is 3. The number of ether oxygens (including phenoxy) is 4. The van der Waals surface area contributed by atoms with Gasteiger partial charge in [0.1, 0.15) is 23.4 Å². The first-order valence-electron chi connectivity index (χ1n) is 13.2. The number of rotatable bonds is 9. The molecule has 1 heterocycles. The van der Waals surface area contributed by atoms with Crippen LogP contribution in [0.5, 0.6) is 17.2 Å². The molecule has 2 aliphatic rings. The molecule has 3 aromatic carbocycles. The summed E-state index contributed by atoms with van der Waals surface area (Å²) in [5.41, 5.74) is 4.47. The highest BCUT2D eigenvalue weighted by Crippen LogP contribution is 2.69. The standard InChI is InChI=1S/C31H35NO7/c1-19-17-23(38-16-8-7-15-32)18-24-26(19)30(35)28(33)25(29(34)37-3)27(20-9-5-4-6-10-20)31(30,39-24)21-11-13-22(36-2)14-12-21/h4-6,9-14,17-18,25,27-28,33,35H,7-8,15-16,32H2,1-3H3/t25?,27-,28-,30+,31+/m0/s1. The van der Waals surface area contributed by atoms with E-state index < -0.39 is 35.1 Å². The minimum atomic E-state index is -1.99. The first-order chi connectivity index (χ1) is 18.8. The maximum absolute atomic E-state index is 13.3. The van der Waals surface area contributed by atoms with Crippen LogP contribution in [-0.4, -0.2) is 49.7 Å². The van der Waals surface area contributed by atoms with Crippen molar-refractivity contribution in [2.45, 2.75) is 43.0 Å². The molecule has 0 saturated heterocycles. The number of carbonyl (C=O) groups is 1. The van der Waals surface area contributed by atoms with E-state index in [9.17, 15) is 15.0 Å². The topological polar surface area (TPSA) is 120 Å². The zero-order valence-electron chi connectivity index (χ0n) is 22.4. The molecule has 8 heteroatoms. The fourth-order valence-corrected chi connectivity index (χ4v) is 6.41. The van der Waals surface area contributed by atoms with E-state index in [1.165, 1.54) is 7.11 Å². The molecule has 206 valence electrons. The van der Waals surface area contributed by atoms with Gasteiger partial charge in [-0.25, -0.2) is 0 Å². The summed E-state index contributed by atoms with van der Waals surface area (Å²) in [6.07, 6.45) is 0.122. The Morgan fingerprint density at radius 3 is 2.38 bits per heavy atom. The van der Waals surface area contributed by atoms with Crippen molar-refractivity contribution >= 4 is 5.97 Å². The lowest BCUT2D eigenvalue weighted by molar-refractivity contribution is -0.161. The number of hydrogen-bond donors (Lipinski definition) is 3. The van der Waals surface area contributed by atoms with E-state index >= 15 is 0 Å². The minimum Gasteiger partial charge on any atom is -0.497 e. The SMILES string of the molecule is COC(=O)C1[C@H](O)[C@]2(O)c3c(C)cc(OCCCCN)cc3O[C@]2(c2ccc(OC)cc2)[C@H]1c1ccccc1. The highest BCUT2D eigenvalue weighted by atomic mass is 16.5. The molecular weight excluding hydrogens is 498 g/mol. The lowest BCUT2D eigenvalue weighted by atomic mass is 9.70. The van der Waals surface area contributed by atoms with E-state index in [-0.39, 0.29) is 0 Å². The van der Waals surface area contributed by atoms with Crippen molar-refractivity contribution in [3.63, 3.8) is 0 Å². The number of benzene rings is 3. The predicted octanol–water partition coefficient (Wildman–Crippen LogP) is 3.54. The molecule has 39 heavy (non-hydrogen) atoms. The van der Waals surface area contributed by atoms with Gasteiger partial charge in [-0.3, -0.25) is 4.79 Å². The first-order valence-corrected chi connectivity index (χ1v) is 13.2. The molecule has 1 fully saturated rings. The molecule has 0 aromatic heterocycles. The molecule has 1 aliphatic carbocycles. The van der Waals surface area contributed by atoms with Gasteiger partial charge in [0.2, 0.25) is 0 Å². The molecule has 1 unspecified atom stereocenters. The maximum Gasteiger partial charge on any atom is 0.312 e. The van der Waals surface area contributed by atoms with Crippen molar-refractivity contribution in [3.05, 3.63) is 89.0 Å². The van der Waals surface area contributed by atoms with E-state index in [2.05, 4.69) is 0 Å². The fourth-order valence-electron chi connectivity index (χ4n) is 6.41. The Balaban J connectivity index is 1.74. The molecule has 0 amide bonds. The lowest BCUT2D eigenvalue weighted by Crippen LogP contribution is -2.52. The number of hydrogen-bond acceptors (Lipinski definition) is 8. The molecule has 0 bridgehead atoms. The summed E-state index contributed by atoms with van der Waals surface area (Å²) >= 11 is 0. The molecule has 8 nitrogen and oxygen atoms in total. The smallest absolute Gasteiger partial charge is 0.312 e. The largest absolute Gasteiger partial charge is 0.497 e. The van der Waals surface area contributed by atoms with Crippen LogP contribution in [0.15, 0.2) is 66.7 Å². The molecule has 0 spiro atoms. The Labute approximate surface area is 228 Å². The summed E-state index contributed by atoms with van der Waals surface area (Å²) in [7, 11) is 2.85. The first kappa shape index (κ1) is 27.0. The quantitative estimate of drug-likeness (QED) is 0.282. The van der Waals surface area contributed by atoms with Gasteiger partial charge in [-0.15, -0.1) is 0 Å². The number of nitrogens with two attached hydrogens (primary N) is 1. The van der Waals surface area contributed by atoms with Gasteiger partial charge in [0, 0.05) is 17.5 Å². The van der Waals surface area contributed by atoms with E-state index in [0.717, 1.165) is 18.4 Å². The zero-order valence-corrected chi connectivity index (χ0v) is 22.4. The summed E-state index contributed by atoms with van der Waals surface area (Å²) in [5, 5.41) is 24.7. The van der Waals surface area contributed by atoms with Gasteiger partial charge in [0.25, 0.3) is 0 Å². The van der Waals surface area contributed by atoms with E-state index in [4.69, 9.17) is 24.7 Å².